The van der Waals surface area contributed by atoms with Gasteiger partial charge in [0.1, 0.15) is 12.4 Å². The SMILES string of the molecule is C#CCOc1ccc(-c2ccc(I)c(=O)n2CC)c(Cl)c1. The Bertz CT molecular complexity index is 762. The predicted octanol–water partition coefficient (Wildman–Crippen LogP) is 3.81. The van der Waals surface area contributed by atoms with E-state index in [4.69, 9.17) is 22.8 Å². The summed E-state index contributed by atoms with van der Waals surface area (Å²) in [6, 6.07) is 9.03. The van der Waals surface area contributed by atoms with Crippen LogP contribution in [-0.4, -0.2) is 11.2 Å². The van der Waals surface area contributed by atoms with Crippen molar-refractivity contribution in [3.05, 3.63) is 49.3 Å². The van der Waals surface area contributed by atoms with Crippen molar-refractivity contribution < 1.29 is 4.74 Å². The molecule has 108 valence electrons. The summed E-state index contributed by atoms with van der Waals surface area (Å²) in [4.78, 5) is 12.2. The van der Waals surface area contributed by atoms with Crippen molar-refractivity contribution in [1.29, 1.82) is 0 Å². The first-order valence-electron chi connectivity index (χ1n) is 6.34. The van der Waals surface area contributed by atoms with E-state index in [1.807, 2.05) is 41.6 Å². The van der Waals surface area contributed by atoms with Gasteiger partial charge in [0.2, 0.25) is 0 Å². The van der Waals surface area contributed by atoms with Gasteiger partial charge in [0.25, 0.3) is 5.56 Å². The van der Waals surface area contributed by atoms with Gasteiger partial charge < -0.3 is 9.30 Å². The highest BCUT2D eigenvalue weighted by Crippen LogP contribution is 2.31. The number of aromatic nitrogens is 1. The lowest BCUT2D eigenvalue weighted by Gasteiger charge is -2.13. The molecular weight excluding hydrogens is 401 g/mol. The maximum Gasteiger partial charge on any atom is 0.264 e. The van der Waals surface area contributed by atoms with Crippen molar-refractivity contribution >= 4 is 34.2 Å². The van der Waals surface area contributed by atoms with Gasteiger partial charge >= 0.3 is 0 Å². The van der Waals surface area contributed by atoms with Crippen molar-refractivity contribution in [1.82, 2.24) is 4.57 Å². The van der Waals surface area contributed by atoms with E-state index in [1.54, 1.807) is 22.8 Å². The Morgan fingerprint density at radius 1 is 1.38 bits per heavy atom. The summed E-state index contributed by atoms with van der Waals surface area (Å²) in [6.45, 7) is 2.70. The molecule has 0 bridgehead atoms. The number of terminal acetylenes is 1. The van der Waals surface area contributed by atoms with Crippen LogP contribution in [-0.2, 0) is 6.54 Å². The largest absolute Gasteiger partial charge is 0.481 e. The number of hydrogen-bond acceptors (Lipinski definition) is 2. The number of rotatable bonds is 4. The summed E-state index contributed by atoms with van der Waals surface area (Å²) < 4.78 is 7.72. The van der Waals surface area contributed by atoms with Crippen LogP contribution in [0, 0.1) is 15.9 Å². The van der Waals surface area contributed by atoms with Gasteiger partial charge in [0, 0.05) is 12.1 Å². The summed E-state index contributed by atoms with van der Waals surface area (Å²) in [5.74, 6) is 3.01. The fourth-order valence-electron chi connectivity index (χ4n) is 2.02. The molecule has 5 heteroatoms. The summed E-state index contributed by atoms with van der Waals surface area (Å²) in [7, 11) is 0. The normalized spacial score (nSPS) is 10.2. The monoisotopic (exact) mass is 413 g/mol. The van der Waals surface area contributed by atoms with Gasteiger partial charge in [0.15, 0.2) is 0 Å². The molecule has 0 aliphatic heterocycles. The van der Waals surface area contributed by atoms with E-state index >= 15 is 0 Å². The molecule has 1 heterocycles. The Morgan fingerprint density at radius 2 is 2.14 bits per heavy atom. The summed E-state index contributed by atoms with van der Waals surface area (Å²) in [5, 5.41) is 0.521. The van der Waals surface area contributed by atoms with Crippen LogP contribution in [0.5, 0.6) is 5.75 Å². The molecule has 0 amide bonds. The van der Waals surface area contributed by atoms with E-state index < -0.39 is 0 Å². The highest BCUT2D eigenvalue weighted by molar-refractivity contribution is 14.1. The van der Waals surface area contributed by atoms with Crippen molar-refractivity contribution in [2.75, 3.05) is 6.61 Å². The van der Waals surface area contributed by atoms with Crippen molar-refractivity contribution in [3.63, 3.8) is 0 Å². The first-order valence-corrected chi connectivity index (χ1v) is 7.79. The van der Waals surface area contributed by atoms with Gasteiger partial charge in [0.05, 0.1) is 14.3 Å². The topological polar surface area (TPSA) is 31.2 Å². The Hall–Kier alpha value is -1.45. The molecule has 0 aliphatic rings. The number of pyridine rings is 1. The molecule has 1 aromatic carbocycles. The van der Waals surface area contributed by atoms with E-state index in [1.165, 1.54) is 0 Å². The molecule has 0 saturated carbocycles. The molecule has 0 atom stereocenters. The molecule has 2 rings (SSSR count). The molecule has 0 unspecified atom stereocenters. The third-order valence-electron chi connectivity index (χ3n) is 2.98. The van der Waals surface area contributed by atoms with Gasteiger partial charge in [-0.3, -0.25) is 4.79 Å². The zero-order valence-corrected chi connectivity index (χ0v) is 14.3. The number of nitrogens with zero attached hydrogens (tertiary/aromatic N) is 1. The molecule has 1 aromatic heterocycles. The fraction of sp³-hybridized carbons (Fsp3) is 0.188. The maximum absolute atomic E-state index is 12.2. The van der Waals surface area contributed by atoms with Gasteiger partial charge in [-0.1, -0.05) is 17.5 Å². The Kier molecular flexibility index (Phi) is 5.32. The molecule has 3 nitrogen and oxygen atoms in total. The summed E-state index contributed by atoms with van der Waals surface area (Å²) in [5.41, 5.74) is 1.57. The predicted molar refractivity (Wildman–Crippen MR) is 93.9 cm³/mol. The van der Waals surface area contributed by atoms with E-state index in [2.05, 4.69) is 5.92 Å². The lowest BCUT2D eigenvalue weighted by molar-refractivity contribution is 0.370. The highest BCUT2D eigenvalue weighted by atomic mass is 127. The minimum Gasteiger partial charge on any atom is -0.481 e. The molecule has 2 aromatic rings. The minimum atomic E-state index is -0.0145. The van der Waals surface area contributed by atoms with E-state index in [9.17, 15) is 4.79 Å². The molecule has 0 spiro atoms. The van der Waals surface area contributed by atoms with E-state index in [-0.39, 0.29) is 12.2 Å². The second kappa shape index (κ2) is 7.01. The van der Waals surface area contributed by atoms with Crippen molar-refractivity contribution in [2.24, 2.45) is 0 Å². The highest BCUT2D eigenvalue weighted by Gasteiger charge is 2.11. The van der Waals surface area contributed by atoms with Crippen LogP contribution in [0.4, 0.5) is 0 Å². The molecule has 0 N–H and O–H groups in total. The number of benzene rings is 1. The minimum absolute atomic E-state index is 0.0145. The third kappa shape index (κ3) is 3.42. The van der Waals surface area contributed by atoms with E-state index in [0.717, 1.165) is 11.3 Å². The smallest absolute Gasteiger partial charge is 0.264 e. The zero-order chi connectivity index (χ0) is 15.4. The van der Waals surface area contributed by atoms with Crippen LogP contribution in [0.15, 0.2) is 35.1 Å². The lowest BCUT2D eigenvalue weighted by atomic mass is 10.1. The van der Waals surface area contributed by atoms with Crippen molar-refractivity contribution in [3.8, 4) is 29.4 Å². The van der Waals surface area contributed by atoms with Crippen LogP contribution in [0.25, 0.3) is 11.3 Å². The zero-order valence-electron chi connectivity index (χ0n) is 11.4. The number of ether oxygens (including phenoxy) is 1. The van der Waals surface area contributed by atoms with Gasteiger partial charge in [-0.05, 0) is 59.8 Å². The average molecular weight is 414 g/mol. The van der Waals surface area contributed by atoms with Gasteiger partial charge in [-0.15, -0.1) is 6.42 Å². The maximum atomic E-state index is 12.2. The van der Waals surface area contributed by atoms with Gasteiger partial charge in [-0.2, -0.15) is 0 Å². The molecule has 21 heavy (non-hydrogen) atoms. The quantitative estimate of drug-likeness (QED) is 0.564. The second-order valence-corrected chi connectivity index (χ2v) is 5.82. The standard InChI is InChI=1S/C16H13ClINO2/c1-3-9-21-11-5-6-12(13(17)10-11)15-8-7-14(18)16(20)19(15)4-2/h1,5-8,10H,4,9H2,2H3. The lowest BCUT2D eigenvalue weighted by Crippen LogP contribution is -2.22. The second-order valence-electron chi connectivity index (χ2n) is 4.25. The van der Waals surface area contributed by atoms with E-state index in [0.29, 0.717) is 20.9 Å². The molecule has 0 aliphatic carbocycles. The Morgan fingerprint density at radius 3 is 2.76 bits per heavy atom. The molecule has 0 radical (unpaired) electrons. The molecular formula is C16H13ClINO2. The Balaban J connectivity index is 2.51. The molecule has 0 saturated heterocycles. The first-order chi connectivity index (χ1) is 10.1. The van der Waals surface area contributed by atoms with Crippen molar-refractivity contribution in [2.45, 2.75) is 13.5 Å². The fourth-order valence-corrected chi connectivity index (χ4v) is 2.76. The van der Waals surface area contributed by atoms with Crippen LogP contribution in [0.2, 0.25) is 5.02 Å². The van der Waals surface area contributed by atoms with Crippen LogP contribution in [0.3, 0.4) is 0 Å². The van der Waals surface area contributed by atoms with Crippen LogP contribution in [0.1, 0.15) is 6.92 Å². The van der Waals surface area contributed by atoms with Gasteiger partial charge in [-0.25, -0.2) is 0 Å². The number of hydrogen-bond donors (Lipinski definition) is 0. The summed E-state index contributed by atoms with van der Waals surface area (Å²) in [6.07, 6.45) is 5.16. The third-order valence-corrected chi connectivity index (χ3v) is 4.12. The first kappa shape index (κ1) is 15.9. The van der Waals surface area contributed by atoms with Crippen LogP contribution < -0.4 is 10.3 Å². The Labute approximate surface area is 142 Å². The number of halogens is 2. The average Bonchev–Trinajstić information content (AvgIpc) is 2.48. The summed E-state index contributed by atoms with van der Waals surface area (Å²) >= 11 is 8.35. The van der Waals surface area contributed by atoms with Crippen LogP contribution >= 0.6 is 34.2 Å². The molecule has 0 fully saturated rings.